The Hall–Kier alpha value is -6.92. The first-order valence-corrected chi connectivity index (χ1v) is 16.5. The van der Waals surface area contributed by atoms with E-state index in [4.69, 9.17) is 28.8 Å². The Labute approximate surface area is 286 Å². The van der Waals surface area contributed by atoms with E-state index in [1.54, 1.807) is 0 Å². The molecule has 234 valence electrons. The van der Waals surface area contributed by atoms with E-state index in [1.807, 2.05) is 97.1 Å². The van der Waals surface area contributed by atoms with Crippen molar-refractivity contribution in [3.05, 3.63) is 158 Å². The van der Waals surface area contributed by atoms with E-state index in [0.717, 1.165) is 66.0 Å². The third-order valence-electron chi connectivity index (χ3n) is 9.15. The molecule has 0 aliphatic rings. The Morgan fingerprint density at radius 3 is 1.68 bits per heavy atom. The van der Waals surface area contributed by atoms with E-state index >= 15 is 0 Å². The molecule has 0 atom stereocenters. The van der Waals surface area contributed by atoms with E-state index in [1.165, 1.54) is 0 Å². The van der Waals surface area contributed by atoms with Gasteiger partial charge in [0, 0.05) is 39.1 Å². The summed E-state index contributed by atoms with van der Waals surface area (Å²) in [5.41, 5.74) is 8.58. The zero-order chi connectivity index (χ0) is 33.0. The summed E-state index contributed by atoms with van der Waals surface area (Å²) in [5, 5.41) is 4.06. The molecule has 0 aliphatic heterocycles. The predicted octanol–water partition coefficient (Wildman–Crippen LogP) is 11.4. The second-order valence-electron chi connectivity index (χ2n) is 12.3. The zero-order valence-corrected chi connectivity index (χ0v) is 26.6. The predicted molar refractivity (Wildman–Crippen MR) is 199 cm³/mol. The smallest absolute Gasteiger partial charge is 0.227 e. The van der Waals surface area contributed by atoms with Crippen LogP contribution in [0.1, 0.15) is 0 Å². The molecule has 7 aromatic carbocycles. The second kappa shape index (κ2) is 11.4. The van der Waals surface area contributed by atoms with Gasteiger partial charge in [-0.25, -0.2) is 19.9 Å². The van der Waals surface area contributed by atoms with Crippen molar-refractivity contribution >= 4 is 43.8 Å². The molecule has 0 unspecified atom stereocenters. The molecule has 0 saturated heterocycles. The summed E-state index contributed by atoms with van der Waals surface area (Å²) >= 11 is 0. The molecule has 0 fully saturated rings. The lowest BCUT2D eigenvalue weighted by molar-refractivity contribution is 0.620. The van der Waals surface area contributed by atoms with E-state index in [0.29, 0.717) is 34.5 Å². The molecular formula is C44H26N4O2. The fourth-order valence-corrected chi connectivity index (χ4v) is 6.75. The van der Waals surface area contributed by atoms with E-state index in [9.17, 15) is 0 Å². The summed E-state index contributed by atoms with van der Waals surface area (Å²) in [6, 6.07) is 53.1. The lowest BCUT2D eigenvalue weighted by Crippen LogP contribution is -2.01. The molecule has 0 bridgehead atoms. The minimum absolute atomic E-state index is 0.553. The largest absolute Gasteiger partial charge is 0.456 e. The molecule has 6 heteroatoms. The van der Waals surface area contributed by atoms with Crippen molar-refractivity contribution in [3.8, 4) is 56.7 Å². The second-order valence-corrected chi connectivity index (χ2v) is 12.3. The van der Waals surface area contributed by atoms with Crippen LogP contribution < -0.4 is 0 Å². The van der Waals surface area contributed by atoms with Gasteiger partial charge in [0.25, 0.3) is 0 Å². The lowest BCUT2D eigenvalue weighted by atomic mass is 9.95. The Kier molecular flexibility index (Phi) is 6.39. The number of hydrogen-bond acceptors (Lipinski definition) is 6. The van der Waals surface area contributed by atoms with Gasteiger partial charge in [-0.2, -0.15) is 0 Å². The molecule has 0 spiro atoms. The standard InChI is InChI=1S/C44H26N4O2/c1-4-13-27(14-5-1)33-23-30-19-10-11-20-31(30)24-34(33)43-47-41(28-15-6-2-7-16-28)46-42(48-43)32-21-12-22-37-40(32)35-25-39-36(26-38(35)49-37)45-44(50-39)29-17-8-3-9-18-29/h1-26H. The van der Waals surface area contributed by atoms with Gasteiger partial charge in [0.1, 0.15) is 16.7 Å². The molecule has 50 heavy (non-hydrogen) atoms. The molecule has 3 heterocycles. The van der Waals surface area contributed by atoms with E-state index < -0.39 is 0 Å². The fraction of sp³-hybridized carbons (Fsp3) is 0. The van der Waals surface area contributed by atoms with Crippen LogP contribution in [0.5, 0.6) is 0 Å². The number of nitrogens with zero attached hydrogens (tertiary/aromatic N) is 4. The maximum absolute atomic E-state index is 6.44. The van der Waals surface area contributed by atoms with Crippen LogP contribution in [-0.2, 0) is 0 Å². The summed E-state index contributed by atoms with van der Waals surface area (Å²) in [6.07, 6.45) is 0. The highest BCUT2D eigenvalue weighted by Crippen LogP contribution is 2.40. The van der Waals surface area contributed by atoms with Crippen LogP contribution >= 0.6 is 0 Å². The van der Waals surface area contributed by atoms with Crippen molar-refractivity contribution in [2.75, 3.05) is 0 Å². The van der Waals surface area contributed by atoms with Gasteiger partial charge in [0.05, 0.1) is 0 Å². The Morgan fingerprint density at radius 2 is 0.960 bits per heavy atom. The number of oxazole rings is 1. The molecule has 3 aromatic heterocycles. The number of hydrogen-bond donors (Lipinski definition) is 0. The van der Waals surface area contributed by atoms with Crippen molar-refractivity contribution < 1.29 is 8.83 Å². The Morgan fingerprint density at radius 1 is 0.360 bits per heavy atom. The number of rotatable bonds is 5. The first-order chi connectivity index (χ1) is 24.7. The normalized spacial score (nSPS) is 11.6. The molecular weight excluding hydrogens is 617 g/mol. The molecule has 0 amide bonds. The Balaban J connectivity index is 1.22. The Bertz CT molecular complexity index is 2860. The SMILES string of the molecule is c1ccc(-c2nc(-c3cc4ccccc4cc3-c3ccccc3)nc(-c3cccc4oc5cc6nc(-c7ccccc7)oc6cc5c34)n2)cc1. The van der Waals surface area contributed by atoms with Crippen LogP contribution in [-0.4, -0.2) is 19.9 Å². The number of benzene rings is 7. The minimum Gasteiger partial charge on any atom is -0.456 e. The highest BCUT2D eigenvalue weighted by Gasteiger charge is 2.21. The zero-order valence-electron chi connectivity index (χ0n) is 26.6. The third-order valence-corrected chi connectivity index (χ3v) is 9.15. The van der Waals surface area contributed by atoms with Crippen LogP contribution in [0, 0.1) is 0 Å². The molecule has 0 aliphatic carbocycles. The van der Waals surface area contributed by atoms with Gasteiger partial charge in [-0.3, -0.25) is 0 Å². The van der Waals surface area contributed by atoms with Crippen molar-refractivity contribution in [3.63, 3.8) is 0 Å². The third kappa shape index (κ3) is 4.73. The lowest BCUT2D eigenvalue weighted by Gasteiger charge is -2.14. The van der Waals surface area contributed by atoms with Crippen LogP contribution in [0.4, 0.5) is 0 Å². The highest BCUT2D eigenvalue weighted by molar-refractivity contribution is 6.14. The summed E-state index contributed by atoms with van der Waals surface area (Å²) in [7, 11) is 0. The van der Waals surface area contributed by atoms with Crippen molar-refractivity contribution in [2.45, 2.75) is 0 Å². The summed E-state index contributed by atoms with van der Waals surface area (Å²) in [5.74, 6) is 2.30. The summed E-state index contributed by atoms with van der Waals surface area (Å²) in [4.78, 5) is 20.2. The number of furan rings is 1. The maximum atomic E-state index is 6.44. The molecule has 10 aromatic rings. The number of fused-ring (bicyclic) bond motifs is 5. The highest BCUT2D eigenvalue weighted by atomic mass is 16.4. The van der Waals surface area contributed by atoms with Crippen LogP contribution in [0.3, 0.4) is 0 Å². The van der Waals surface area contributed by atoms with Gasteiger partial charge in [0.2, 0.25) is 5.89 Å². The van der Waals surface area contributed by atoms with E-state index in [2.05, 4.69) is 60.7 Å². The van der Waals surface area contributed by atoms with Crippen molar-refractivity contribution in [1.82, 2.24) is 19.9 Å². The van der Waals surface area contributed by atoms with Crippen molar-refractivity contribution in [2.24, 2.45) is 0 Å². The average Bonchev–Trinajstić information content (AvgIpc) is 3.78. The first kappa shape index (κ1) is 28.1. The summed E-state index contributed by atoms with van der Waals surface area (Å²) in [6.45, 7) is 0. The average molecular weight is 643 g/mol. The van der Waals surface area contributed by atoms with Crippen LogP contribution in [0.2, 0.25) is 0 Å². The minimum atomic E-state index is 0.553. The van der Waals surface area contributed by atoms with Gasteiger partial charge in [0.15, 0.2) is 23.1 Å². The van der Waals surface area contributed by atoms with Gasteiger partial charge in [-0.15, -0.1) is 0 Å². The molecule has 0 N–H and O–H groups in total. The molecule has 6 nitrogen and oxygen atoms in total. The maximum Gasteiger partial charge on any atom is 0.227 e. The van der Waals surface area contributed by atoms with Crippen LogP contribution in [0.25, 0.3) is 101 Å². The topological polar surface area (TPSA) is 77.8 Å². The van der Waals surface area contributed by atoms with Gasteiger partial charge >= 0.3 is 0 Å². The van der Waals surface area contributed by atoms with Crippen LogP contribution in [0.15, 0.2) is 167 Å². The number of aromatic nitrogens is 4. The molecule has 10 rings (SSSR count). The van der Waals surface area contributed by atoms with Crippen molar-refractivity contribution in [1.29, 1.82) is 0 Å². The molecule has 0 saturated carbocycles. The first-order valence-electron chi connectivity index (χ1n) is 16.5. The van der Waals surface area contributed by atoms with Gasteiger partial charge in [-0.05, 0) is 58.3 Å². The van der Waals surface area contributed by atoms with E-state index in [-0.39, 0.29) is 0 Å². The summed E-state index contributed by atoms with van der Waals surface area (Å²) < 4.78 is 12.7. The van der Waals surface area contributed by atoms with Gasteiger partial charge < -0.3 is 8.83 Å². The molecule has 0 radical (unpaired) electrons. The quantitative estimate of drug-likeness (QED) is 0.186. The monoisotopic (exact) mass is 642 g/mol. The fourth-order valence-electron chi connectivity index (χ4n) is 6.75. The van der Waals surface area contributed by atoms with Gasteiger partial charge in [-0.1, -0.05) is 115 Å².